The van der Waals surface area contributed by atoms with Crippen molar-refractivity contribution in [1.29, 1.82) is 5.41 Å². The largest absolute Gasteiger partial charge is 0.504 e. The van der Waals surface area contributed by atoms with Gasteiger partial charge in [-0.2, -0.15) is 4.99 Å². The number of aliphatic hydroxyl groups is 3. The lowest BCUT2D eigenvalue weighted by Crippen LogP contribution is -3.09. The summed E-state index contributed by atoms with van der Waals surface area (Å²) in [5.74, 6) is -2.39. The van der Waals surface area contributed by atoms with E-state index in [1.54, 1.807) is 48.5 Å². The van der Waals surface area contributed by atoms with E-state index in [-0.39, 0.29) is 70.8 Å². The molecule has 0 bridgehead atoms. The molecule has 1 unspecified atom stereocenters. The Morgan fingerprint density at radius 1 is 0.964 bits per heavy atom. The van der Waals surface area contributed by atoms with E-state index >= 15 is 0 Å². The number of aromatic nitrogens is 1. The number of nitrogens with two attached hydrogens (primary N) is 1. The second kappa shape index (κ2) is 14.8. The number of carbonyl (C=O) groups is 3. The summed E-state index contributed by atoms with van der Waals surface area (Å²) in [4.78, 5) is 53.6. The normalized spacial score (nSPS) is 24.1. The minimum atomic E-state index is -1.63. The number of ether oxygens (including phenoxy) is 3. The number of hydrogen-bond donors (Lipinski definition) is 8. The van der Waals surface area contributed by atoms with E-state index < -0.39 is 60.5 Å². The summed E-state index contributed by atoms with van der Waals surface area (Å²) in [6.07, 6.45) is -5.65. The maximum absolute atomic E-state index is 13.9. The van der Waals surface area contributed by atoms with Gasteiger partial charge < -0.3 is 40.4 Å². The molecule has 1 aliphatic carbocycles. The first-order valence-electron chi connectivity index (χ1n) is 17.7. The fourth-order valence-corrected chi connectivity index (χ4v) is 7.39. The van der Waals surface area contributed by atoms with Crippen LogP contribution < -0.4 is 20.7 Å². The molecule has 3 aromatic carbocycles. The van der Waals surface area contributed by atoms with E-state index in [1.165, 1.54) is 24.4 Å². The van der Waals surface area contributed by atoms with E-state index in [9.17, 15) is 34.8 Å². The van der Waals surface area contributed by atoms with Gasteiger partial charge in [-0.25, -0.2) is 14.9 Å². The van der Waals surface area contributed by atoms with Crippen molar-refractivity contribution in [3.63, 3.8) is 0 Å². The number of benzene rings is 3. The number of aliphatic imine (C=N–C) groups is 2. The van der Waals surface area contributed by atoms with Crippen molar-refractivity contribution in [3.05, 3.63) is 112 Å². The number of amidine groups is 1. The average molecular weight is 763 g/mol. The van der Waals surface area contributed by atoms with Crippen LogP contribution in [0.1, 0.15) is 48.5 Å². The highest BCUT2D eigenvalue weighted by Crippen LogP contribution is 2.44. The molecular weight excluding hydrogens is 726 g/mol. The summed E-state index contributed by atoms with van der Waals surface area (Å²) < 4.78 is 18.4. The van der Waals surface area contributed by atoms with Gasteiger partial charge in [-0.15, -0.1) is 0 Å². The van der Waals surface area contributed by atoms with E-state index in [1.807, 2.05) is 0 Å². The van der Waals surface area contributed by atoms with Gasteiger partial charge in [0.25, 0.3) is 11.7 Å². The van der Waals surface area contributed by atoms with Crippen LogP contribution in [-0.4, -0.2) is 111 Å². The lowest BCUT2D eigenvalue weighted by molar-refractivity contribution is -0.723. The predicted octanol–water partition coefficient (Wildman–Crippen LogP) is -0.427. The minimum Gasteiger partial charge on any atom is -0.504 e. The fraction of sp³-hybridized carbons (Fsp3) is 0.256. The monoisotopic (exact) mass is 762 g/mol. The molecule has 4 aromatic rings. The number of para-hydroxylation sites is 1. The first kappa shape index (κ1) is 36.8. The van der Waals surface area contributed by atoms with Gasteiger partial charge in [0.1, 0.15) is 35.9 Å². The van der Waals surface area contributed by atoms with Crippen molar-refractivity contribution in [1.82, 2.24) is 10.3 Å². The molecular formula is C39H36N7O10+. The molecule has 3 aliphatic heterocycles. The SMILES string of the molecule is N=C1N=C2C(=NC[NH+]2c2ccccc2Cc2cc3c(c(O)c2O[C@H]2O[C@@H](CO)[C@H](O)[C@@H](O)[C@@H]2OCCc2ccnc(N)c2)C(=O)c2ccccc2C3=O)C(=O)N1. The van der Waals surface area contributed by atoms with Crippen LogP contribution in [-0.2, 0) is 27.1 Å². The smallest absolute Gasteiger partial charge is 0.284 e. The summed E-state index contributed by atoms with van der Waals surface area (Å²) >= 11 is 0. The van der Waals surface area contributed by atoms with Crippen LogP contribution in [0.5, 0.6) is 11.5 Å². The maximum Gasteiger partial charge on any atom is 0.284 e. The first-order chi connectivity index (χ1) is 27.0. The van der Waals surface area contributed by atoms with Gasteiger partial charge in [0.2, 0.25) is 18.0 Å². The second-order valence-corrected chi connectivity index (χ2v) is 13.6. The molecule has 9 N–H and O–H groups in total. The molecule has 0 saturated carbocycles. The number of nitrogens with one attached hydrogen (secondary N) is 3. The molecule has 4 heterocycles. The van der Waals surface area contributed by atoms with E-state index in [0.29, 0.717) is 28.4 Å². The number of carbonyl (C=O) groups excluding carboxylic acids is 3. The fourth-order valence-electron chi connectivity index (χ4n) is 7.39. The van der Waals surface area contributed by atoms with Gasteiger partial charge in [-0.05, 0) is 36.2 Å². The van der Waals surface area contributed by atoms with E-state index in [4.69, 9.17) is 25.4 Å². The summed E-state index contributed by atoms with van der Waals surface area (Å²) in [5.41, 5.74) is 8.04. The number of ketones is 2. The highest BCUT2D eigenvalue weighted by Gasteiger charge is 2.47. The Balaban J connectivity index is 1.20. The van der Waals surface area contributed by atoms with Gasteiger partial charge in [-0.1, -0.05) is 42.5 Å². The summed E-state index contributed by atoms with van der Waals surface area (Å²) in [5, 5.41) is 54.5. The van der Waals surface area contributed by atoms with Crippen molar-refractivity contribution in [2.75, 3.05) is 25.6 Å². The number of pyridine rings is 1. The number of quaternary nitrogens is 1. The number of phenols is 1. The number of aromatic hydroxyl groups is 1. The molecule has 17 heteroatoms. The first-order valence-corrected chi connectivity index (χ1v) is 17.7. The Morgan fingerprint density at radius 2 is 1.71 bits per heavy atom. The third kappa shape index (κ3) is 6.51. The van der Waals surface area contributed by atoms with Crippen molar-refractivity contribution in [2.24, 2.45) is 9.98 Å². The van der Waals surface area contributed by atoms with Crippen LogP contribution in [0.25, 0.3) is 0 Å². The van der Waals surface area contributed by atoms with Crippen molar-refractivity contribution >= 4 is 46.5 Å². The molecule has 4 aliphatic rings. The highest BCUT2D eigenvalue weighted by atomic mass is 16.7. The van der Waals surface area contributed by atoms with Crippen molar-refractivity contribution in [2.45, 2.75) is 43.5 Å². The van der Waals surface area contributed by atoms with Crippen LogP contribution in [0.2, 0.25) is 0 Å². The molecule has 1 amide bonds. The zero-order chi connectivity index (χ0) is 39.2. The number of phenolic OH excluding ortho intramolecular Hbond substituents is 1. The molecule has 8 rings (SSSR count). The van der Waals surface area contributed by atoms with Crippen LogP contribution >= 0.6 is 0 Å². The zero-order valence-electron chi connectivity index (χ0n) is 29.5. The third-order valence-corrected chi connectivity index (χ3v) is 10.1. The second-order valence-electron chi connectivity index (χ2n) is 13.6. The lowest BCUT2D eigenvalue weighted by Gasteiger charge is -2.42. The maximum atomic E-state index is 13.9. The molecule has 1 saturated heterocycles. The number of aliphatic hydroxyl groups excluding tert-OH is 3. The molecule has 1 fully saturated rings. The van der Waals surface area contributed by atoms with Gasteiger partial charge in [0.15, 0.2) is 29.7 Å². The molecule has 0 radical (unpaired) electrons. The molecule has 6 atom stereocenters. The summed E-state index contributed by atoms with van der Waals surface area (Å²) in [6, 6.07) is 18.2. The van der Waals surface area contributed by atoms with E-state index in [0.717, 1.165) is 5.56 Å². The number of nitrogen functional groups attached to an aromatic ring is 1. The van der Waals surface area contributed by atoms with Crippen LogP contribution in [0.15, 0.2) is 82.9 Å². The zero-order valence-corrected chi connectivity index (χ0v) is 29.5. The van der Waals surface area contributed by atoms with Crippen LogP contribution in [0, 0.1) is 5.41 Å². The Bertz CT molecular complexity index is 2360. The molecule has 286 valence electrons. The molecule has 56 heavy (non-hydrogen) atoms. The summed E-state index contributed by atoms with van der Waals surface area (Å²) in [6.45, 7) is -0.616. The van der Waals surface area contributed by atoms with Crippen LogP contribution in [0.3, 0.4) is 0 Å². The molecule has 17 nitrogen and oxygen atoms in total. The van der Waals surface area contributed by atoms with Gasteiger partial charge in [0.05, 0.1) is 18.8 Å². The van der Waals surface area contributed by atoms with Crippen LogP contribution in [0.4, 0.5) is 11.5 Å². The lowest BCUT2D eigenvalue weighted by atomic mass is 9.82. The number of rotatable bonds is 10. The third-order valence-electron chi connectivity index (χ3n) is 10.1. The number of hydrogen-bond acceptors (Lipinski definition) is 14. The Labute approximate surface area is 318 Å². The quantitative estimate of drug-likeness (QED) is 0.0902. The highest BCUT2D eigenvalue weighted by molar-refractivity contribution is 6.68. The van der Waals surface area contributed by atoms with E-state index in [2.05, 4.69) is 20.3 Å². The number of nitrogens with zero attached hydrogens (tertiary/aromatic N) is 3. The standard InChI is InChI=1S/C39H35N7O10/c40-26-13-18(9-11-42-26)10-12-54-35-33(52)31(50)25(16-47)55-38(35)56-34-20(15-23-27(32(34)51)30(49)22-7-3-2-6-21(22)29(23)48)14-19-5-1-4-8-24(19)46-17-43-28-36(46)44-39(41)45-37(28)53/h1-9,11,13,15,25,31,33,35,38,47,50-52H,10,12,14,16-17H2,(H2,40,42)(H2,41,45,53)/p+1/t25-,31-,33+,35-,38+/m0/s1. The summed E-state index contributed by atoms with van der Waals surface area (Å²) in [7, 11) is 0. The van der Waals surface area contributed by atoms with Gasteiger partial charge in [0, 0.05) is 40.4 Å². The molecule has 0 spiro atoms. The molecule has 1 aromatic heterocycles. The van der Waals surface area contributed by atoms with Gasteiger partial charge >= 0.3 is 0 Å². The minimum absolute atomic E-state index is 0.00682. The Kier molecular flexibility index (Phi) is 9.71. The Hall–Kier alpha value is -6.21. The van der Waals surface area contributed by atoms with Crippen molar-refractivity contribution in [3.8, 4) is 11.5 Å². The number of fused-ring (bicyclic) bond motifs is 3. The predicted molar refractivity (Wildman–Crippen MR) is 197 cm³/mol. The van der Waals surface area contributed by atoms with Gasteiger partial charge in [-0.3, -0.25) is 25.1 Å². The topological polar surface area (TPSA) is 264 Å². The number of anilines is 1. The Morgan fingerprint density at radius 3 is 2.48 bits per heavy atom. The average Bonchev–Trinajstić information content (AvgIpc) is 3.61. The number of amides is 1. The number of guanidine groups is 1. The van der Waals surface area contributed by atoms with Crippen molar-refractivity contribution < 1.29 is 53.9 Å².